The Labute approximate surface area is 109 Å². The van der Waals surface area contributed by atoms with Crippen LogP contribution in [0.1, 0.15) is 36.2 Å². The van der Waals surface area contributed by atoms with Gasteiger partial charge in [-0.3, -0.25) is 9.69 Å². The zero-order valence-corrected chi connectivity index (χ0v) is 11.2. The van der Waals surface area contributed by atoms with Crippen LogP contribution in [0.5, 0.6) is 0 Å². The quantitative estimate of drug-likeness (QED) is 0.889. The molecular formula is C15H22N2O. The van der Waals surface area contributed by atoms with Gasteiger partial charge in [0.1, 0.15) is 0 Å². The predicted octanol–water partition coefficient (Wildman–Crippen LogP) is 2.26. The fourth-order valence-electron chi connectivity index (χ4n) is 2.95. The Balaban J connectivity index is 1.98. The molecule has 1 aromatic carbocycles. The largest absolute Gasteiger partial charge is 0.366 e. The van der Waals surface area contributed by atoms with Gasteiger partial charge in [-0.05, 0) is 36.0 Å². The molecule has 1 aliphatic heterocycles. The number of hydrogen-bond donors (Lipinski definition) is 1. The van der Waals surface area contributed by atoms with E-state index in [4.69, 9.17) is 5.73 Å². The SMILES string of the molecule is CC1CC(C)CN(Cc2ccc(C(N)=O)cc2)C1. The Morgan fingerprint density at radius 2 is 1.78 bits per heavy atom. The van der Waals surface area contributed by atoms with Gasteiger partial charge in [-0.2, -0.15) is 0 Å². The minimum Gasteiger partial charge on any atom is -0.366 e. The maximum atomic E-state index is 11.0. The van der Waals surface area contributed by atoms with Gasteiger partial charge in [-0.25, -0.2) is 0 Å². The number of rotatable bonds is 3. The summed E-state index contributed by atoms with van der Waals surface area (Å²) in [4.78, 5) is 13.5. The van der Waals surface area contributed by atoms with Crippen molar-refractivity contribution in [1.82, 2.24) is 4.90 Å². The van der Waals surface area contributed by atoms with E-state index in [1.807, 2.05) is 24.3 Å². The van der Waals surface area contributed by atoms with E-state index in [9.17, 15) is 4.79 Å². The summed E-state index contributed by atoms with van der Waals surface area (Å²) in [7, 11) is 0. The molecule has 2 rings (SSSR count). The van der Waals surface area contributed by atoms with Crippen molar-refractivity contribution in [2.45, 2.75) is 26.8 Å². The third kappa shape index (κ3) is 3.33. The second-order valence-electron chi connectivity index (χ2n) is 5.70. The lowest BCUT2D eigenvalue weighted by Crippen LogP contribution is -2.38. The second kappa shape index (κ2) is 5.53. The lowest BCUT2D eigenvalue weighted by atomic mass is 9.91. The van der Waals surface area contributed by atoms with E-state index in [0.29, 0.717) is 5.56 Å². The first-order chi connectivity index (χ1) is 8.54. The van der Waals surface area contributed by atoms with Crippen molar-refractivity contribution in [3.05, 3.63) is 35.4 Å². The molecule has 1 aromatic rings. The summed E-state index contributed by atoms with van der Waals surface area (Å²) in [5, 5.41) is 0. The fraction of sp³-hybridized carbons (Fsp3) is 0.533. The third-order valence-electron chi connectivity index (χ3n) is 3.59. The van der Waals surface area contributed by atoms with E-state index in [1.54, 1.807) is 0 Å². The summed E-state index contributed by atoms with van der Waals surface area (Å²) in [5.74, 6) is 1.19. The Bertz CT molecular complexity index is 403. The summed E-state index contributed by atoms with van der Waals surface area (Å²) in [6.07, 6.45) is 1.33. The number of primary amides is 1. The van der Waals surface area contributed by atoms with Crippen LogP contribution in [0.3, 0.4) is 0 Å². The van der Waals surface area contributed by atoms with Crippen LogP contribution in [-0.2, 0) is 6.54 Å². The molecule has 0 saturated carbocycles. The maximum absolute atomic E-state index is 11.0. The van der Waals surface area contributed by atoms with E-state index >= 15 is 0 Å². The van der Waals surface area contributed by atoms with Crippen LogP contribution < -0.4 is 5.73 Å². The fourth-order valence-corrected chi connectivity index (χ4v) is 2.95. The average Bonchev–Trinajstić information content (AvgIpc) is 2.28. The Morgan fingerprint density at radius 3 is 2.28 bits per heavy atom. The molecule has 1 saturated heterocycles. The third-order valence-corrected chi connectivity index (χ3v) is 3.59. The van der Waals surface area contributed by atoms with Gasteiger partial charge in [0.25, 0.3) is 0 Å². The molecule has 3 nitrogen and oxygen atoms in total. The first-order valence-electron chi connectivity index (χ1n) is 6.65. The highest BCUT2D eigenvalue weighted by atomic mass is 16.1. The van der Waals surface area contributed by atoms with Gasteiger partial charge in [0.05, 0.1) is 0 Å². The van der Waals surface area contributed by atoms with E-state index in [0.717, 1.165) is 18.4 Å². The molecule has 0 radical (unpaired) electrons. The molecule has 0 aromatic heterocycles. The summed E-state index contributed by atoms with van der Waals surface area (Å²) in [6, 6.07) is 7.64. The molecular weight excluding hydrogens is 224 g/mol. The summed E-state index contributed by atoms with van der Waals surface area (Å²) in [6.45, 7) is 7.94. The highest BCUT2D eigenvalue weighted by Gasteiger charge is 2.21. The molecule has 2 N–H and O–H groups in total. The number of nitrogens with two attached hydrogens (primary N) is 1. The second-order valence-corrected chi connectivity index (χ2v) is 5.70. The Hall–Kier alpha value is -1.35. The van der Waals surface area contributed by atoms with Crippen molar-refractivity contribution in [1.29, 1.82) is 0 Å². The summed E-state index contributed by atoms with van der Waals surface area (Å²) < 4.78 is 0. The minimum absolute atomic E-state index is 0.359. The molecule has 98 valence electrons. The summed E-state index contributed by atoms with van der Waals surface area (Å²) >= 11 is 0. The van der Waals surface area contributed by atoms with Crippen LogP contribution >= 0.6 is 0 Å². The van der Waals surface area contributed by atoms with Crippen molar-refractivity contribution >= 4 is 5.91 Å². The number of likely N-dealkylation sites (tertiary alicyclic amines) is 1. The van der Waals surface area contributed by atoms with Gasteiger partial charge in [0.2, 0.25) is 5.91 Å². The monoisotopic (exact) mass is 246 g/mol. The van der Waals surface area contributed by atoms with Crippen LogP contribution in [-0.4, -0.2) is 23.9 Å². The zero-order valence-electron chi connectivity index (χ0n) is 11.2. The number of benzene rings is 1. The van der Waals surface area contributed by atoms with E-state index in [2.05, 4.69) is 18.7 Å². The van der Waals surface area contributed by atoms with Gasteiger partial charge in [-0.15, -0.1) is 0 Å². The first-order valence-corrected chi connectivity index (χ1v) is 6.65. The molecule has 1 heterocycles. The molecule has 0 spiro atoms. The molecule has 0 bridgehead atoms. The number of piperidine rings is 1. The molecule has 0 aliphatic carbocycles. The van der Waals surface area contributed by atoms with Crippen LogP contribution in [0.4, 0.5) is 0 Å². The smallest absolute Gasteiger partial charge is 0.248 e. The molecule has 2 atom stereocenters. The molecule has 1 fully saturated rings. The van der Waals surface area contributed by atoms with Gasteiger partial charge >= 0.3 is 0 Å². The van der Waals surface area contributed by atoms with Crippen molar-refractivity contribution in [2.75, 3.05) is 13.1 Å². The Kier molecular flexibility index (Phi) is 4.02. The topological polar surface area (TPSA) is 46.3 Å². The normalized spacial score (nSPS) is 25.0. The molecule has 1 aliphatic rings. The van der Waals surface area contributed by atoms with Gasteiger partial charge in [-0.1, -0.05) is 26.0 Å². The van der Waals surface area contributed by atoms with Crippen molar-refractivity contribution in [3.63, 3.8) is 0 Å². The van der Waals surface area contributed by atoms with Gasteiger partial charge in [0.15, 0.2) is 0 Å². The maximum Gasteiger partial charge on any atom is 0.248 e. The van der Waals surface area contributed by atoms with E-state index in [-0.39, 0.29) is 5.91 Å². The molecule has 2 unspecified atom stereocenters. The highest BCUT2D eigenvalue weighted by Crippen LogP contribution is 2.22. The standard InChI is InChI=1S/C15H22N2O/c1-11-7-12(2)9-17(8-11)10-13-3-5-14(6-4-13)15(16)18/h3-6,11-12H,7-10H2,1-2H3,(H2,16,18). The van der Waals surface area contributed by atoms with Crippen LogP contribution in [0, 0.1) is 11.8 Å². The number of amides is 1. The van der Waals surface area contributed by atoms with Crippen molar-refractivity contribution in [3.8, 4) is 0 Å². The number of carbonyl (C=O) groups is 1. The van der Waals surface area contributed by atoms with Gasteiger partial charge in [0, 0.05) is 25.2 Å². The summed E-state index contributed by atoms with van der Waals surface area (Å²) in [5.41, 5.74) is 7.07. The van der Waals surface area contributed by atoms with Crippen LogP contribution in [0.2, 0.25) is 0 Å². The predicted molar refractivity (Wildman–Crippen MR) is 73.2 cm³/mol. The van der Waals surface area contributed by atoms with Crippen LogP contribution in [0.15, 0.2) is 24.3 Å². The molecule has 18 heavy (non-hydrogen) atoms. The number of hydrogen-bond acceptors (Lipinski definition) is 2. The number of nitrogens with zero attached hydrogens (tertiary/aromatic N) is 1. The number of carbonyl (C=O) groups excluding carboxylic acids is 1. The lowest BCUT2D eigenvalue weighted by molar-refractivity contribution is 0.100. The van der Waals surface area contributed by atoms with E-state index in [1.165, 1.54) is 25.1 Å². The minimum atomic E-state index is -0.359. The highest BCUT2D eigenvalue weighted by molar-refractivity contribution is 5.92. The first kappa shape index (κ1) is 13.1. The lowest BCUT2D eigenvalue weighted by Gasteiger charge is -2.35. The molecule has 1 amide bonds. The van der Waals surface area contributed by atoms with Crippen molar-refractivity contribution in [2.24, 2.45) is 17.6 Å². The van der Waals surface area contributed by atoms with Crippen molar-refractivity contribution < 1.29 is 4.79 Å². The Morgan fingerprint density at radius 1 is 1.22 bits per heavy atom. The van der Waals surface area contributed by atoms with Gasteiger partial charge < -0.3 is 5.73 Å². The average molecular weight is 246 g/mol. The van der Waals surface area contributed by atoms with E-state index < -0.39 is 0 Å². The van der Waals surface area contributed by atoms with Crippen LogP contribution in [0.25, 0.3) is 0 Å². The molecule has 3 heteroatoms. The zero-order chi connectivity index (χ0) is 13.1.